The molecule has 1 aliphatic rings. The van der Waals surface area contributed by atoms with Gasteiger partial charge in [0.1, 0.15) is 11.6 Å². The van der Waals surface area contributed by atoms with Gasteiger partial charge in [-0.3, -0.25) is 4.90 Å². The van der Waals surface area contributed by atoms with Crippen molar-refractivity contribution in [2.75, 3.05) is 12.0 Å². The lowest BCUT2D eigenvalue weighted by molar-refractivity contribution is 0.404. The van der Waals surface area contributed by atoms with Crippen molar-refractivity contribution >= 4 is 28.6 Å². The summed E-state index contributed by atoms with van der Waals surface area (Å²) in [5.74, 6) is 1.29. The fourth-order valence-corrected chi connectivity index (χ4v) is 4.56. The van der Waals surface area contributed by atoms with Crippen molar-refractivity contribution in [1.29, 1.82) is 0 Å². The standard InChI is InChI=1S/C27H23FN4O2S/c1-16-5-4-6-19(15-16)25-30-26(34-31-25)23-17(2)32(21-11-13-22(33-3)14-12-21)27(35)29-24(23)18-7-9-20(28)10-8-18/h4-15,24H,1-3H3,(H,29,35). The molecule has 1 N–H and O–H groups in total. The average Bonchev–Trinajstić information content (AvgIpc) is 3.34. The van der Waals surface area contributed by atoms with Crippen LogP contribution in [0.5, 0.6) is 5.75 Å². The third-order valence-corrected chi connectivity index (χ3v) is 6.25. The highest BCUT2D eigenvalue weighted by atomic mass is 32.1. The molecular weight excluding hydrogens is 463 g/mol. The molecular formula is C27H23FN4O2S. The maximum atomic E-state index is 13.7. The average molecular weight is 487 g/mol. The smallest absolute Gasteiger partial charge is 0.258 e. The largest absolute Gasteiger partial charge is 0.497 e. The van der Waals surface area contributed by atoms with Crippen LogP contribution in [0, 0.1) is 12.7 Å². The van der Waals surface area contributed by atoms with E-state index in [1.807, 2.05) is 67.3 Å². The minimum Gasteiger partial charge on any atom is -0.497 e. The molecule has 0 amide bonds. The topological polar surface area (TPSA) is 63.4 Å². The fourth-order valence-electron chi connectivity index (χ4n) is 4.20. The number of methoxy groups -OCH3 is 1. The van der Waals surface area contributed by atoms with Gasteiger partial charge in [-0.2, -0.15) is 4.98 Å². The molecule has 1 aliphatic heterocycles. The van der Waals surface area contributed by atoms with Crippen molar-refractivity contribution in [2.45, 2.75) is 19.9 Å². The van der Waals surface area contributed by atoms with E-state index >= 15 is 0 Å². The first-order chi connectivity index (χ1) is 16.9. The number of nitrogens with zero attached hydrogens (tertiary/aromatic N) is 3. The summed E-state index contributed by atoms with van der Waals surface area (Å²) >= 11 is 5.76. The summed E-state index contributed by atoms with van der Waals surface area (Å²) in [4.78, 5) is 6.65. The van der Waals surface area contributed by atoms with E-state index in [4.69, 9.17) is 26.5 Å². The highest BCUT2D eigenvalue weighted by Gasteiger charge is 2.34. The van der Waals surface area contributed by atoms with Crippen molar-refractivity contribution in [3.63, 3.8) is 0 Å². The van der Waals surface area contributed by atoms with Crippen LogP contribution >= 0.6 is 12.2 Å². The molecule has 35 heavy (non-hydrogen) atoms. The number of hydrogen-bond acceptors (Lipinski definition) is 5. The Hall–Kier alpha value is -4.04. The lowest BCUT2D eigenvalue weighted by Crippen LogP contribution is -2.46. The first-order valence-electron chi connectivity index (χ1n) is 11.1. The van der Waals surface area contributed by atoms with E-state index in [-0.39, 0.29) is 5.82 Å². The van der Waals surface area contributed by atoms with Crippen LogP contribution in [0.15, 0.2) is 83.0 Å². The fraction of sp³-hybridized carbons (Fsp3) is 0.148. The molecule has 0 spiro atoms. The molecule has 0 saturated carbocycles. The Labute approximate surface area is 208 Å². The van der Waals surface area contributed by atoms with Crippen LogP contribution in [-0.2, 0) is 0 Å². The number of ether oxygens (including phenoxy) is 1. The Balaban J connectivity index is 1.64. The molecule has 4 aromatic rings. The second kappa shape index (κ2) is 9.31. The van der Waals surface area contributed by atoms with E-state index < -0.39 is 6.04 Å². The summed E-state index contributed by atoms with van der Waals surface area (Å²) in [7, 11) is 1.63. The quantitative estimate of drug-likeness (QED) is 0.344. The van der Waals surface area contributed by atoms with Crippen LogP contribution in [-0.4, -0.2) is 22.4 Å². The number of anilines is 1. The van der Waals surface area contributed by atoms with E-state index in [0.717, 1.165) is 39.4 Å². The third kappa shape index (κ3) is 4.40. The normalized spacial score (nSPS) is 15.8. The molecule has 6 nitrogen and oxygen atoms in total. The number of halogens is 1. The molecule has 0 fully saturated rings. The predicted molar refractivity (Wildman–Crippen MR) is 137 cm³/mol. The Morgan fingerprint density at radius 2 is 1.77 bits per heavy atom. The van der Waals surface area contributed by atoms with Crippen molar-refractivity contribution < 1.29 is 13.7 Å². The van der Waals surface area contributed by atoms with E-state index in [1.54, 1.807) is 19.2 Å². The lowest BCUT2D eigenvalue weighted by atomic mass is 9.94. The van der Waals surface area contributed by atoms with E-state index in [9.17, 15) is 4.39 Å². The second-order valence-corrected chi connectivity index (χ2v) is 8.65. The van der Waals surface area contributed by atoms with Gasteiger partial charge in [0.05, 0.1) is 18.7 Å². The lowest BCUT2D eigenvalue weighted by Gasteiger charge is -2.37. The predicted octanol–water partition coefficient (Wildman–Crippen LogP) is 6.06. The number of hydrogen-bond donors (Lipinski definition) is 1. The summed E-state index contributed by atoms with van der Waals surface area (Å²) in [5, 5.41) is 8.13. The van der Waals surface area contributed by atoms with Crippen molar-refractivity contribution in [1.82, 2.24) is 15.5 Å². The van der Waals surface area contributed by atoms with Gasteiger partial charge in [0, 0.05) is 16.9 Å². The van der Waals surface area contributed by atoms with Gasteiger partial charge >= 0.3 is 0 Å². The molecule has 0 aliphatic carbocycles. The first-order valence-corrected chi connectivity index (χ1v) is 11.5. The summed E-state index contributed by atoms with van der Waals surface area (Å²) in [6.45, 7) is 3.97. The van der Waals surface area contributed by atoms with Gasteiger partial charge in [-0.1, -0.05) is 41.1 Å². The van der Waals surface area contributed by atoms with Gasteiger partial charge < -0.3 is 14.6 Å². The highest BCUT2D eigenvalue weighted by molar-refractivity contribution is 7.80. The maximum absolute atomic E-state index is 13.7. The van der Waals surface area contributed by atoms with Crippen LogP contribution < -0.4 is 15.0 Å². The minimum atomic E-state index is -0.400. The minimum absolute atomic E-state index is 0.311. The van der Waals surface area contributed by atoms with Gasteiger partial charge in [-0.25, -0.2) is 4.39 Å². The molecule has 0 bridgehead atoms. The Bertz CT molecular complexity index is 1410. The molecule has 2 heterocycles. The van der Waals surface area contributed by atoms with Gasteiger partial charge in [0.25, 0.3) is 5.89 Å². The monoisotopic (exact) mass is 486 g/mol. The molecule has 3 aromatic carbocycles. The third-order valence-electron chi connectivity index (χ3n) is 5.95. The summed E-state index contributed by atoms with van der Waals surface area (Å²) in [6, 6.07) is 21.4. The van der Waals surface area contributed by atoms with Crippen molar-refractivity contribution in [3.8, 4) is 17.1 Å². The number of aryl methyl sites for hydroxylation is 1. The summed E-state index contributed by atoms with van der Waals surface area (Å²) in [5.41, 5.74) is 5.23. The second-order valence-electron chi connectivity index (χ2n) is 8.26. The summed E-state index contributed by atoms with van der Waals surface area (Å²) in [6.07, 6.45) is 0. The zero-order chi connectivity index (χ0) is 24.5. The van der Waals surface area contributed by atoms with Gasteiger partial charge in [-0.05, 0) is 74.1 Å². The van der Waals surface area contributed by atoms with E-state index in [0.29, 0.717) is 16.8 Å². The highest BCUT2D eigenvalue weighted by Crippen LogP contribution is 2.39. The number of allylic oxidation sites excluding steroid dienone is 1. The molecule has 1 unspecified atom stereocenters. The van der Waals surface area contributed by atoms with Gasteiger partial charge in [0.2, 0.25) is 5.82 Å². The van der Waals surface area contributed by atoms with Gasteiger partial charge in [-0.15, -0.1) is 0 Å². The molecule has 176 valence electrons. The summed E-state index contributed by atoms with van der Waals surface area (Å²) < 4.78 is 24.8. The number of nitrogens with one attached hydrogen (secondary N) is 1. The molecule has 8 heteroatoms. The maximum Gasteiger partial charge on any atom is 0.258 e. The van der Waals surface area contributed by atoms with Crippen LogP contribution in [0.1, 0.15) is 30.0 Å². The van der Waals surface area contributed by atoms with Crippen molar-refractivity contribution in [2.24, 2.45) is 0 Å². The Kier molecular flexibility index (Phi) is 6.05. The zero-order valence-electron chi connectivity index (χ0n) is 19.4. The van der Waals surface area contributed by atoms with Crippen LogP contribution in [0.4, 0.5) is 10.1 Å². The Morgan fingerprint density at radius 3 is 2.46 bits per heavy atom. The van der Waals surface area contributed by atoms with Crippen LogP contribution in [0.2, 0.25) is 0 Å². The SMILES string of the molecule is COc1ccc(N2C(=S)NC(c3ccc(F)cc3)C(c3nc(-c4cccc(C)c4)no3)=C2C)cc1. The number of rotatable bonds is 5. The number of aromatic nitrogens is 2. The van der Waals surface area contributed by atoms with E-state index in [1.165, 1.54) is 12.1 Å². The molecule has 1 aromatic heterocycles. The Morgan fingerprint density at radius 1 is 1.03 bits per heavy atom. The molecule has 5 rings (SSSR count). The van der Waals surface area contributed by atoms with Crippen LogP contribution in [0.3, 0.4) is 0 Å². The van der Waals surface area contributed by atoms with E-state index in [2.05, 4.69) is 10.5 Å². The van der Waals surface area contributed by atoms with Crippen LogP contribution in [0.25, 0.3) is 17.0 Å². The van der Waals surface area contributed by atoms with Crippen molar-refractivity contribution in [3.05, 3.63) is 101 Å². The molecule has 0 saturated heterocycles. The molecule has 1 atom stereocenters. The molecule has 0 radical (unpaired) electrons. The van der Waals surface area contributed by atoms with Gasteiger partial charge in [0.15, 0.2) is 5.11 Å². The zero-order valence-corrected chi connectivity index (χ0v) is 20.3. The first kappa shape index (κ1) is 22.7. The number of thiocarbonyl (C=S) groups is 1. The number of benzene rings is 3.